The van der Waals surface area contributed by atoms with Gasteiger partial charge in [0.1, 0.15) is 0 Å². The Morgan fingerprint density at radius 1 is 1.07 bits per heavy atom. The molecule has 2 rings (SSSR count). The molecule has 0 unspecified atom stereocenters. The molecule has 1 heterocycles. The lowest BCUT2D eigenvalue weighted by Crippen LogP contribution is -2.42. The molecule has 1 heteroatoms. The van der Waals surface area contributed by atoms with Crippen molar-refractivity contribution >= 4 is 0 Å². The average molecular weight is 209 g/mol. The van der Waals surface area contributed by atoms with Crippen molar-refractivity contribution in [2.24, 2.45) is 11.3 Å². The van der Waals surface area contributed by atoms with Crippen LogP contribution >= 0.6 is 0 Å². The molecule has 1 aliphatic carbocycles. The summed E-state index contributed by atoms with van der Waals surface area (Å²) in [7, 11) is 0. The van der Waals surface area contributed by atoms with Gasteiger partial charge in [-0.15, -0.1) is 0 Å². The second-order valence-corrected chi connectivity index (χ2v) is 5.70. The zero-order valence-electron chi connectivity index (χ0n) is 10.4. The van der Waals surface area contributed by atoms with E-state index in [0.717, 1.165) is 11.3 Å². The van der Waals surface area contributed by atoms with Crippen LogP contribution in [0.25, 0.3) is 0 Å². The van der Waals surface area contributed by atoms with Gasteiger partial charge in [-0.25, -0.2) is 0 Å². The summed E-state index contributed by atoms with van der Waals surface area (Å²) in [5.74, 6) is 1.06. The maximum Gasteiger partial charge on any atom is -0.00435 e. The highest BCUT2D eigenvalue weighted by Gasteiger charge is 2.38. The molecule has 1 N–H and O–H groups in total. The number of nitrogens with one attached hydrogen (secondary N) is 1. The Kier molecular flexibility index (Phi) is 4.07. The summed E-state index contributed by atoms with van der Waals surface area (Å²) in [5, 5.41) is 3.54. The molecule has 2 fully saturated rings. The van der Waals surface area contributed by atoms with Gasteiger partial charge in [0.05, 0.1) is 0 Å². The second-order valence-electron chi connectivity index (χ2n) is 5.70. The molecule has 0 amide bonds. The van der Waals surface area contributed by atoms with Gasteiger partial charge in [-0.3, -0.25) is 0 Å². The van der Waals surface area contributed by atoms with Gasteiger partial charge in [0.15, 0.2) is 0 Å². The zero-order valence-corrected chi connectivity index (χ0v) is 10.4. The van der Waals surface area contributed by atoms with Crippen molar-refractivity contribution in [2.45, 2.75) is 64.7 Å². The van der Waals surface area contributed by atoms with E-state index < -0.39 is 0 Å². The van der Waals surface area contributed by atoms with Gasteiger partial charge in [-0.2, -0.15) is 0 Å². The van der Waals surface area contributed by atoms with Crippen LogP contribution in [-0.2, 0) is 0 Å². The van der Waals surface area contributed by atoms with Crippen LogP contribution in [0.4, 0.5) is 0 Å². The first-order valence-electron chi connectivity index (χ1n) is 7.08. The first-order valence-corrected chi connectivity index (χ1v) is 7.08. The number of piperidine rings is 1. The molecule has 0 aromatic heterocycles. The van der Waals surface area contributed by atoms with Crippen molar-refractivity contribution in [3.8, 4) is 0 Å². The van der Waals surface area contributed by atoms with Gasteiger partial charge in [-0.05, 0) is 56.5 Å². The zero-order chi connectivity index (χ0) is 10.6. The molecule has 1 nitrogen and oxygen atoms in total. The molecule has 2 aliphatic rings. The molecule has 0 aromatic carbocycles. The minimum Gasteiger partial charge on any atom is -0.317 e. The number of hydrogen-bond donors (Lipinski definition) is 1. The summed E-state index contributed by atoms with van der Waals surface area (Å²) >= 11 is 0. The van der Waals surface area contributed by atoms with Gasteiger partial charge in [0.2, 0.25) is 0 Å². The highest BCUT2D eigenvalue weighted by Crippen LogP contribution is 2.47. The normalized spacial score (nSPS) is 27.8. The Bertz CT molecular complexity index is 170. The van der Waals surface area contributed by atoms with E-state index in [1.165, 1.54) is 70.9 Å². The van der Waals surface area contributed by atoms with E-state index in [1.807, 2.05) is 0 Å². The third-order valence-corrected chi connectivity index (χ3v) is 4.82. The predicted octanol–water partition coefficient (Wildman–Crippen LogP) is 3.74. The highest BCUT2D eigenvalue weighted by molar-refractivity contribution is 4.91. The molecule has 0 bridgehead atoms. The van der Waals surface area contributed by atoms with Crippen LogP contribution < -0.4 is 5.32 Å². The maximum absolute atomic E-state index is 3.54. The summed E-state index contributed by atoms with van der Waals surface area (Å²) in [6.07, 6.45) is 13.3. The molecule has 1 saturated heterocycles. The summed E-state index contributed by atoms with van der Waals surface area (Å²) in [6.45, 7) is 4.92. The fraction of sp³-hybridized carbons (Fsp3) is 1.00. The topological polar surface area (TPSA) is 12.0 Å². The van der Waals surface area contributed by atoms with Crippen LogP contribution in [0.15, 0.2) is 0 Å². The molecule has 0 atom stereocenters. The Balaban J connectivity index is 2.01. The van der Waals surface area contributed by atoms with E-state index in [9.17, 15) is 0 Å². The number of rotatable bonds is 3. The van der Waals surface area contributed by atoms with Crippen molar-refractivity contribution < 1.29 is 0 Å². The van der Waals surface area contributed by atoms with Gasteiger partial charge >= 0.3 is 0 Å². The predicted molar refractivity (Wildman–Crippen MR) is 66.0 cm³/mol. The monoisotopic (exact) mass is 209 g/mol. The van der Waals surface area contributed by atoms with Crippen LogP contribution in [-0.4, -0.2) is 13.1 Å². The van der Waals surface area contributed by atoms with Crippen molar-refractivity contribution in [2.75, 3.05) is 13.1 Å². The lowest BCUT2D eigenvalue weighted by atomic mass is 9.62. The highest BCUT2D eigenvalue weighted by atomic mass is 14.9. The Labute approximate surface area is 95.0 Å². The largest absolute Gasteiger partial charge is 0.317 e. The van der Waals surface area contributed by atoms with E-state index in [-0.39, 0.29) is 0 Å². The number of hydrogen-bond acceptors (Lipinski definition) is 1. The van der Waals surface area contributed by atoms with Gasteiger partial charge in [0.25, 0.3) is 0 Å². The van der Waals surface area contributed by atoms with Gasteiger partial charge in [-0.1, -0.05) is 32.6 Å². The summed E-state index contributed by atoms with van der Waals surface area (Å²) in [5.41, 5.74) is 0.737. The molecule has 15 heavy (non-hydrogen) atoms. The standard InChI is InChI=1S/C14H27N/c1-2-8-14(9-11-15-12-10-14)13-6-4-3-5-7-13/h13,15H,2-12H2,1H3. The first kappa shape index (κ1) is 11.4. The van der Waals surface area contributed by atoms with E-state index in [0.29, 0.717) is 0 Å². The van der Waals surface area contributed by atoms with Gasteiger partial charge in [0, 0.05) is 0 Å². The SMILES string of the molecule is CCCC1(C2CCCCC2)CCNCC1. The molecular formula is C14H27N. The van der Waals surface area contributed by atoms with Crippen LogP contribution in [0.5, 0.6) is 0 Å². The second kappa shape index (κ2) is 5.34. The van der Waals surface area contributed by atoms with E-state index >= 15 is 0 Å². The first-order chi connectivity index (χ1) is 7.37. The van der Waals surface area contributed by atoms with Crippen LogP contribution in [0.3, 0.4) is 0 Å². The summed E-state index contributed by atoms with van der Waals surface area (Å²) in [4.78, 5) is 0. The molecule has 0 radical (unpaired) electrons. The van der Waals surface area contributed by atoms with Crippen LogP contribution in [0.1, 0.15) is 64.7 Å². The molecular weight excluding hydrogens is 182 g/mol. The molecule has 0 aromatic rings. The Morgan fingerprint density at radius 3 is 2.33 bits per heavy atom. The van der Waals surface area contributed by atoms with Crippen molar-refractivity contribution in [3.05, 3.63) is 0 Å². The van der Waals surface area contributed by atoms with Crippen molar-refractivity contribution in [1.29, 1.82) is 0 Å². The lowest BCUT2D eigenvalue weighted by molar-refractivity contribution is 0.0642. The van der Waals surface area contributed by atoms with Crippen molar-refractivity contribution in [1.82, 2.24) is 5.32 Å². The van der Waals surface area contributed by atoms with Gasteiger partial charge < -0.3 is 5.32 Å². The molecule has 88 valence electrons. The molecule has 1 saturated carbocycles. The summed E-state index contributed by atoms with van der Waals surface area (Å²) in [6, 6.07) is 0. The smallest absolute Gasteiger partial charge is 0.00435 e. The van der Waals surface area contributed by atoms with E-state index in [2.05, 4.69) is 12.2 Å². The minimum absolute atomic E-state index is 0.737. The van der Waals surface area contributed by atoms with E-state index in [4.69, 9.17) is 0 Å². The molecule has 1 aliphatic heterocycles. The Hall–Kier alpha value is -0.0400. The Morgan fingerprint density at radius 2 is 1.73 bits per heavy atom. The third kappa shape index (κ3) is 2.55. The third-order valence-electron chi connectivity index (χ3n) is 4.82. The molecule has 0 spiro atoms. The van der Waals surface area contributed by atoms with Crippen LogP contribution in [0.2, 0.25) is 0 Å². The fourth-order valence-electron chi connectivity index (χ4n) is 4.00. The van der Waals surface area contributed by atoms with Crippen LogP contribution in [0, 0.1) is 11.3 Å². The minimum atomic E-state index is 0.737. The average Bonchev–Trinajstić information content (AvgIpc) is 2.32. The van der Waals surface area contributed by atoms with E-state index in [1.54, 1.807) is 0 Å². The van der Waals surface area contributed by atoms with Crippen molar-refractivity contribution in [3.63, 3.8) is 0 Å². The summed E-state index contributed by atoms with van der Waals surface area (Å²) < 4.78 is 0. The fourth-order valence-corrected chi connectivity index (χ4v) is 4.00. The quantitative estimate of drug-likeness (QED) is 0.746. The lowest BCUT2D eigenvalue weighted by Gasteiger charge is -2.46. The maximum atomic E-state index is 3.54.